The summed E-state index contributed by atoms with van der Waals surface area (Å²) >= 11 is 21.1. The van der Waals surface area contributed by atoms with Crippen molar-refractivity contribution in [3.8, 4) is 0 Å². The lowest BCUT2D eigenvalue weighted by atomic mass is 9.90. The van der Waals surface area contributed by atoms with E-state index in [1.165, 1.54) is 6.08 Å². The molecule has 0 aliphatic carbocycles. The van der Waals surface area contributed by atoms with Gasteiger partial charge in [0, 0.05) is 36.5 Å². The summed E-state index contributed by atoms with van der Waals surface area (Å²) in [6.07, 6.45) is 0.642. The molecule has 1 saturated heterocycles. The fourth-order valence-corrected chi connectivity index (χ4v) is 5.47. The second kappa shape index (κ2) is 12.3. The van der Waals surface area contributed by atoms with Crippen molar-refractivity contribution in [1.82, 2.24) is 4.90 Å². The zero-order chi connectivity index (χ0) is 26.6. The first kappa shape index (κ1) is 29.0. The second-order valence-corrected chi connectivity index (χ2v) is 10.9. The average Bonchev–Trinajstić information content (AvgIpc) is 2.80. The lowest BCUT2D eigenvalue weighted by molar-refractivity contribution is -0.139. The van der Waals surface area contributed by atoms with Crippen LogP contribution in [0.2, 0.25) is 15.1 Å². The lowest BCUT2D eigenvalue weighted by Crippen LogP contribution is -2.37. The molecule has 0 saturated carbocycles. The number of hydrogen-bond acceptors (Lipinski definition) is 2. The van der Waals surface area contributed by atoms with Crippen LogP contribution in [0.4, 0.5) is 13.2 Å². The van der Waals surface area contributed by atoms with Crippen LogP contribution < -0.4 is 0 Å². The van der Waals surface area contributed by atoms with Gasteiger partial charge < -0.3 is 4.90 Å². The number of nitrogens with zero attached hydrogens (tertiary/aromatic N) is 1. The van der Waals surface area contributed by atoms with Gasteiger partial charge in [0.05, 0.1) is 21.0 Å². The molecule has 2 aromatic rings. The number of likely N-dealkylation sites (tertiary alicyclic amines) is 1. The number of halogens is 7. The summed E-state index contributed by atoms with van der Waals surface area (Å²) in [5.74, 6) is -1.52. The number of carbonyl (C=O) groups excluding carboxylic acids is 2. The van der Waals surface area contributed by atoms with Crippen LogP contribution in [-0.2, 0) is 4.79 Å². The highest BCUT2D eigenvalue weighted by Crippen LogP contribution is 2.41. The standard InChI is InChI=1S/C26H24BrCl3F3NO2/c1-15(35)34-10-8-16(9-11-34)4-7-24(36)19-5-2-17(12-21(19)27)3-6-20(26(31,32)33)18-13-22(28)25(30)23(29)14-18/h2-3,5-6,12-14,16,20H,4,7-11H2,1H3/b6-3+. The molecule has 0 radical (unpaired) electrons. The van der Waals surface area contributed by atoms with Crippen LogP contribution in [0, 0.1) is 5.92 Å². The Morgan fingerprint density at radius 2 is 1.72 bits per heavy atom. The number of piperidine rings is 1. The predicted octanol–water partition coefficient (Wildman–Crippen LogP) is 8.99. The Bertz CT molecular complexity index is 1140. The van der Waals surface area contributed by atoms with Crippen LogP contribution in [-0.4, -0.2) is 35.9 Å². The molecule has 36 heavy (non-hydrogen) atoms. The molecule has 10 heteroatoms. The summed E-state index contributed by atoms with van der Waals surface area (Å²) in [5, 5.41) is -0.119. The minimum absolute atomic E-state index is 0.00214. The molecule has 1 unspecified atom stereocenters. The van der Waals surface area contributed by atoms with Crippen molar-refractivity contribution in [2.75, 3.05) is 13.1 Å². The molecule has 3 nitrogen and oxygen atoms in total. The molecule has 1 amide bonds. The van der Waals surface area contributed by atoms with Crippen molar-refractivity contribution in [3.05, 3.63) is 72.6 Å². The molecule has 0 bridgehead atoms. The van der Waals surface area contributed by atoms with E-state index in [4.69, 9.17) is 34.8 Å². The highest BCUT2D eigenvalue weighted by Gasteiger charge is 2.39. The number of hydrogen-bond donors (Lipinski definition) is 0. The first-order valence-electron chi connectivity index (χ1n) is 11.3. The third kappa shape index (κ3) is 7.50. The van der Waals surface area contributed by atoms with Crippen LogP contribution in [0.1, 0.15) is 60.0 Å². The number of ketones is 1. The Morgan fingerprint density at radius 3 is 2.25 bits per heavy atom. The predicted molar refractivity (Wildman–Crippen MR) is 142 cm³/mol. The number of allylic oxidation sites excluding steroid dienone is 1. The third-order valence-electron chi connectivity index (χ3n) is 6.33. The molecule has 194 valence electrons. The van der Waals surface area contributed by atoms with E-state index in [0.29, 0.717) is 41.0 Å². The van der Waals surface area contributed by atoms with Gasteiger partial charge in [-0.15, -0.1) is 0 Å². The van der Waals surface area contributed by atoms with Gasteiger partial charge in [0.2, 0.25) is 5.91 Å². The normalized spacial score (nSPS) is 15.9. The van der Waals surface area contributed by atoms with Gasteiger partial charge in [-0.3, -0.25) is 9.59 Å². The van der Waals surface area contributed by atoms with E-state index in [1.54, 1.807) is 25.1 Å². The fourth-order valence-electron chi connectivity index (χ4n) is 4.24. The van der Waals surface area contributed by atoms with Crippen molar-refractivity contribution >= 4 is 68.5 Å². The maximum atomic E-state index is 13.8. The zero-order valence-corrected chi connectivity index (χ0v) is 23.2. The third-order valence-corrected chi connectivity index (χ3v) is 8.19. The second-order valence-electron chi connectivity index (χ2n) is 8.83. The minimum atomic E-state index is -4.58. The van der Waals surface area contributed by atoms with E-state index < -0.39 is 12.1 Å². The smallest absolute Gasteiger partial charge is 0.343 e. The molecule has 1 aliphatic heterocycles. The van der Waals surface area contributed by atoms with Crippen LogP contribution in [0.5, 0.6) is 0 Å². The summed E-state index contributed by atoms with van der Waals surface area (Å²) in [4.78, 5) is 26.0. The van der Waals surface area contributed by atoms with Gasteiger partial charge in [0.25, 0.3) is 0 Å². The summed E-state index contributed by atoms with van der Waals surface area (Å²) in [6.45, 7) is 2.99. The highest BCUT2D eigenvalue weighted by atomic mass is 79.9. The molecule has 3 rings (SSSR count). The van der Waals surface area contributed by atoms with Crippen LogP contribution in [0.15, 0.2) is 40.9 Å². The molecular weight excluding hydrogens is 602 g/mol. The Morgan fingerprint density at radius 1 is 1.11 bits per heavy atom. The molecule has 2 aromatic carbocycles. The molecule has 1 aliphatic rings. The van der Waals surface area contributed by atoms with E-state index in [1.807, 2.05) is 4.90 Å². The Kier molecular flexibility index (Phi) is 9.94. The maximum absolute atomic E-state index is 13.8. The Hall–Kier alpha value is -1.54. The first-order chi connectivity index (χ1) is 16.9. The van der Waals surface area contributed by atoms with Gasteiger partial charge in [-0.05, 0) is 60.6 Å². The largest absolute Gasteiger partial charge is 0.399 e. The van der Waals surface area contributed by atoms with Crippen LogP contribution in [0.25, 0.3) is 6.08 Å². The molecule has 1 heterocycles. The van der Waals surface area contributed by atoms with E-state index in [0.717, 1.165) is 37.5 Å². The maximum Gasteiger partial charge on any atom is 0.399 e. The quantitative estimate of drug-likeness (QED) is 0.228. The van der Waals surface area contributed by atoms with Crippen LogP contribution >= 0.6 is 50.7 Å². The van der Waals surface area contributed by atoms with E-state index in [-0.39, 0.29) is 32.3 Å². The average molecular weight is 626 g/mol. The fraction of sp³-hybridized carbons (Fsp3) is 0.385. The van der Waals surface area contributed by atoms with E-state index in [9.17, 15) is 22.8 Å². The number of rotatable bonds is 7. The number of amides is 1. The molecule has 1 fully saturated rings. The van der Waals surface area contributed by atoms with Gasteiger partial charge in [-0.25, -0.2) is 0 Å². The number of carbonyl (C=O) groups is 2. The van der Waals surface area contributed by atoms with Crippen molar-refractivity contribution in [3.63, 3.8) is 0 Å². The Labute approximate surface area is 231 Å². The summed E-state index contributed by atoms with van der Waals surface area (Å²) in [5.41, 5.74) is 0.852. The topological polar surface area (TPSA) is 37.4 Å². The zero-order valence-electron chi connectivity index (χ0n) is 19.3. The monoisotopic (exact) mass is 623 g/mol. The van der Waals surface area contributed by atoms with Crippen molar-refractivity contribution < 1.29 is 22.8 Å². The van der Waals surface area contributed by atoms with E-state index in [2.05, 4.69) is 15.9 Å². The SMILES string of the molecule is CC(=O)N1CCC(CCC(=O)c2ccc(/C=C/C(c3cc(Cl)c(Cl)c(Cl)c3)C(F)(F)F)cc2Br)CC1. The molecule has 0 N–H and O–H groups in total. The number of Topliss-reactive ketones (excluding diaryl/α,β-unsaturated/α-hetero) is 1. The summed E-state index contributed by atoms with van der Waals surface area (Å²) < 4.78 is 41.8. The lowest BCUT2D eigenvalue weighted by Gasteiger charge is -2.31. The van der Waals surface area contributed by atoms with Gasteiger partial charge in [0.15, 0.2) is 5.78 Å². The minimum Gasteiger partial charge on any atom is -0.343 e. The number of benzene rings is 2. The van der Waals surface area contributed by atoms with Crippen LogP contribution in [0.3, 0.4) is 0 Å². The summed E-state index contributed by atoms with van der Waals surface area (Å²) in [6, 6.07) is 7.14. The van der Waals surface area contributed by atoms with E-state index >= 15 is 0 Å². The van der Waals surface area contributed by atoms with Crippen molar-refractivity contribution in [1.29, 1.82) is 0 Å². The number of alkyl halides is 3. The molecule has 1 atom stereocenters. The molecule has 0 aromatic heterocycles. The summed E-state index contributed by atoms with van der Waals surface area (Å²) in [7, 11) is 0. The van der Waals surface area contributed by atoms with Crippen molar-refractivity contribution in [2.24, 2.45) is 5.92 Å². The molecule has 0 spiro atoms. The van der Waals surface area contributed by atoms with Gasteiger partial charge in [-0.2, -0.15) is 13.2 Å². The van der Waals surface area contributed by atoms with Gasteiger partial charge in [-0.1, -0.05) is 69.0 Å². The van der Waals surface area contributed by atoms with Gasteiger partial charge >= 0.3 is 6.18 Å². The highest BCUT2D eigenvalue weighted by molar-refractivity contribution is 9.10. The van der Waals surface area contributed by atoms with Crippen molar-refractivity contribution in [2.45, 2.75) is 44.7 Å². The Balaban J connectivity index is 1.68. The van der Waals surface area contributed by atoms with Gasteiger partial charge in [0.1, 0.15) is 0 Å². The first-order valence-corrected chi connectivity index (χ1v) is 13.3. The molecular formula is C26H24BrCl3F3NO2.